The van der Waals surface area contributed by atoms with Crippen LogP contribution in [0.3, 0.4) is 0 Å². The number of hydrogen-bond donors (Lipinski definition) is 0. The van der Waals surface area contributed by atoms with E-state index in [9.17, 15) is 0 Å². The summed E-state index contributed by atoms with van der Waals surface area (Å²) in [5.74, 6) is 0. The van der Waals surface area contributed by atoms with Gasteiger partial charge in [-0.15, -0.1) is 0 Å². The topological polar surface area (TPSA) is 24.3 Å². The van der Waals surface area contributed by atoms with Crippen molar-refractivity contribution >= 4 is 79.0 Å². The molecule has 0 aliphatic carbocycles. The molecular weight excluding hydrogens is 1200 g/mol. The highest BCUT2D eigenvalue weighted by atomic mass is 19.4. The van der Waals surface area contributed by atoms with Gasteiger partial charge in [0.25, 0.3) is 6.71 Å². The normalized spacial score (nSPS) is 12.4. The summed E-state index contributed by atoms with van der Waals surface area (Å²) in [5, 5.41) is 1.92. The molecule has 2 aliphatic rings. The van der Waals surface area contributed by atoms with Crippen molar-refractivity contribution in [1.29, 1.82) is 0 Å². The van der Waals surface area contributed by atoms with Crippen LogP contribution in [0.1, 0.15) is 5.56 Å². The lowest BCUT2D eigenvalue weighted by molar-refractivity contribution is -0.137. The van der Waals surface area contributed by atoms with Crippen molar-refractivity contribution < 1.29 is 13.2 Å². The van der Waals surface area contributed by atoms with Crippen LogP contribution in [0.5, 0.6) is 0 Å². The summed E-state index contributed by atoms with van der Waals surface area (Å²) in [6.45, 7) is -0.211. The highest BCUT2D eigenvalue weighted by molar-refractivity contribution is 7.00. The highest BCUT2D eigenvalue weighted by Crippen LogP contribution is 2.49. The number of benzene rings is 14. The molecule has 0 saturated heterocycles. The lowest BCUT2D eigenvalue weighted by Crippen LogP contribution is -2.61. The van der Waals surface area contributed by atoms with Crippen molar-refractivity contribution in [3.8, 4) is 95.0 Å². The number of anilines is 6. The van der Waals surface area contributed by atoms with E-state index < -0.39 is 11.7 Å². The number of halogens is 3. The number of rotatable bonds is 11. The second-order valence-corrected chi connectivity index (χ2v) is 25.3. The second kappa shape index (κ2) is 23.7. The molecule has 0 unspecified atom stereocenters. The standard InChI is InChI=1S/C90H58BF3N4/c92-90(93,94)72-42-50-83(76(58-72)71-54-80(65-29-15-5-16-30-65)95-81(55-71)66-31-17-6-18-32-66)98-82-34-20-19-33-75(82)77-51-67(39-47-84(77)98)70-56-87-89-88(57-70)97(74-45-37-64(38-46-74)60-23-9-2-10-24-60)86-49-41-69(62-27-13-4-14-28-62)53-79(86)91(89)78-52-68(61-25-11-3-12-26-61)40-48-85(78)96(87)73-43-35-63(36-44-73)59-21-7-1-8-22-59/h1-58H. The van der Waals surface area contributed by atoms with Gasteiger partial charge in [0.2, 0.25) is 0 Å². The molecule has 2 aliphatic heterocycles. The predicted molar refractivity (Wildman–Crippen MR) is 401 cm³/mol. The fourth-order valence-corrected chi connectivity index (χ4v) is 15.0. The summed E-state index contributed by atoms with van der Waals surface area (Å²) >= 11 is 0. The second-order valence-electron chi connectivity index (χ2n) is 25.3. The summed E-state index contributed by atoms with van der Waals surface area (Å²) in [6, 6.07) is 122. The van der Waals surface area contributed by atoms with E-state index in [4.69, 9.17) is 4.98 Å². The van der Waals surface area contributed by atoms with Crippen molar-refractivity contribution in [2.45, 2.75) is 6.18 Å². The van der Waals surface area contributed by atoms with Crippen LogP contribution in [-0.2, 0) is 6.18 Å². The van der Waals surface area contributed by atoms with Gasteiger partial charge in [0, 0.05) is 61.6 Å². The van der Waals surface area contributed by atoms with E-state index in [0.717, 1.165) is 123 Å². The number of aromatic nitrogens is 2. The molecule has 8 heteroatoms. The molecule has 18 rings (SSSR count). The van der Waals surface area contributed by atoms with E-state index in [0.29, 0.717) is 28.2 Å². The Balaban J connectivity index is 0.884. The molecule has 0 spiro atoms. The summed E-state index contributed by atoms with van der Waals surface area (Å²) in [4.78, 5) is 10.1. The smallest absolute Gasteiger partial charge is 0.311 e. The van der Waals surface area contributed by atoms with Gasteiger partial charge in [0.15, 0.2) is 0 Å². The number of nitrogens with zero attached hydrogens (tertiary/aromatic N) is 4. The first-order valence-corrected chi connectivity index (χ1v) is 33.1. The van der Waals surface area contributed by atoms with Crippen LogP contribution in [0, 0.1) is 0 Å². The van der Waals surface area contributed by atoms with E-state index >= 15 is 13.2 Å². The molecule has 0 bridgehead atoms. The molecule has 2 aromatic heterocycles. The zero-order valence-corrected chi connectivity index (χ0v) is 53.0. The van der Waals surface area contributed by atoms with Crippen LogP contribution >= 0.6 is 0 Å². The monoisotopic (exact) mass is 1260 g/mol. The lowest BCUT2D eigenvalue weighted by atomic mass is 9.33. The zero-order chi connectivity index (χ0) is 65.4. The average molecular weight is 1260 g/mol. The molecule has 0 saturated carbocycles. The minimum Gasteiger partial charge on any atom is -0.311 e. The minimum atomic E-state index is -4.61. The van der Waals surface area contributed by atoms with Crippen molar-refractivity contribution in [3.63, 3.8) is 0 Å². The van der Waals surface area contributed by atoms with Crippen molar-refractivity contribution in [1.82, 2.24) is 9.55 Å². The average Bonchev–Trinajstić information content (AvgIpc) is 0.790. The first kappa shape index (κ1) is 58.1. The number of alkyl halides is 3. The van der Waals surface area contributed by atoms with Crippen LogP contribution in [0.25, 0.3) is 117 Å². The molecule has 462 valence electrons. The molecule has 14 aromatic carbocycles. The molecule has 4 heterocycles. The summed E-state index contributed by atoms with van der Waals surface area (Å²) in [6.07, 6.45) is -4.61. The Morgan fingerprint density at radius 3 is 1.11 bits per heavy atom. The molecule has 0 fully saturated rings. The van der Waals surface area contributed by atoms with Crippen LogP contribution in [0.2, 0.25) is 0 Å². The maximum absolute atomic E-state index is 15.2. The van der Waals surface area contributed by atoms with E-state index in [-0.39, 0.29) is 6.71 Å². The molecule has 4 nitrogen and oxygen atoms in total. The Morgan fingerprint density at radius 1 is 0.265 bits per heavy atom. The van der Waals surface area contributed by atoms with E-state index in [1.807, 2.05) is 84.9 Å². The summed E-state index contributed by atoms with van der Waals surface area (Å²) in [5.41, 5.74) is 26.6. The van der Waals surface area contributed by atoms with Gasteiger partial charge in [-0.3, -0.25) is 0 Å². The fourth-order valence-electron chi connectivity index (χ4n) is 15.0. The van der Waals surface area contributed by atoms with Gasteiger partial charge >= 0.3 is 6.18 Å². The SMILES string of the molecule is FC(F)(F)c1ccc(-n2c3ccccc3c3cc(-c4cc5c6c(c4)N(c4ccc(-c7ccccc7)cc4)c4ccc(-c7ccccc7)cc4B6c4cc(-c6ccccc6)ccc4N5c4ccc(-c5ccccc5)cc4)ccc32)c(-c2cc(-c3ccccc3)nc(-c3ccccc3)c2)c1. The molecule has 0 atom stereocenters. The predicted octanol–water partition coefficient (Wildman–Crippen LogP) is 22.6. The van der Waals surface area contributed by atoms with Gasteiger partial charge < -0.3 is 14.4 Å². The van der Waals surface area contributed by atoms with Crippen LogP contribution in [0.4, 0.5) is 47.3 Å². The highest BCUT2D eigenvalue weighted by Gasteiger charge is 2.44. The number of hydrogen-bond acceptors (Lipinski definition) is 3. The number of fused-ring (bicyclic) bond motifs is 7. The van der Waals surface area contributed by atoms with Crippen molar-refractivity contribution in [2.75, 3.05) is 9.80 Å². The Bertz CT molecular complexity index is 5450. The molecular formula is C90H58BF3N4. The Hall–Kier alpha value is -12.5. The quantitative estimate of drug-likeness (QED) is 0.121. The largest absolute Gasteiger partial charge is 0.416 e. The van der Waals surface area contributed by atoms with Gasteiger partial charge in [0.1, 0.15) is 0 Å². The van der Waals surface area contributed by atoms with E-state index in [2.05, 4.69) is 263 Å². The van der Waals surface area contributed by atoms with E-state index in [1.54, 1.807) is 6.07 Å². The van der Waals surface area contributed by atoms with Gasteiger partial charge in [-0.05, 0) is 175 Å². The van der Waals surface area contributed by atoms with Crippen LogP contribution < -0.4 is 26.2 Å². The molecule has 0 amide bonds. The zero-order valence-electron chi connectivity index (χ0n) is 53.0. The van der Waals surface area contributed by atoms with Crippen LogP contribution in [0.15, 0.2) is 352 Å². The maximum Gasteiger partial charge on any atom is 0.416 e. The summed E-state index contributed by atoms with van der Waals surface area (Å²) in [7, 11) is 0. The number of para-hydroxylation sites is 1. The third-order valence-electron chi connectivity index (χ3n) is 19.6. The first-order chi connectivity index (χ1) is 48.2. The third kappa shape index (κ3) is 10.2. The van der Waals surface area contributed by atoms with Gasteiger partial charge in [-0.25, -0.2) is 4.98 Å². The molecule has 0 radical (unpaired) electrons. The number of pyridine rings is 1. The Kier molecular flexibility index (Phi) is 14.1. The lowest BCUT2D eigenvalue weighted by Gasteiger charge is -2.44. The van der Waals surface area contributed by atoms with E-state index in [1.165, 1.54) is 28.5 Å². The molecule has 98 heavy (non-hydrogen) atoms. The summed E-state index contributed by atoms with van der Waals surface area (Å²) < 4.78 is 47.8. The van der Waals surface area contributed by atoms with Gasteiger partial charge in [0.05, 0.1) is 33.7 Å². The third-order valence-corrected chi connectivity index (χ3v) is 19.6. The minimum absolute atomic E-state index is 0.211. The Labute approximate surface area is 566 Å². The van der Waals surface area contributed by atoms with Gasteiger partial charge in [-0.2, -0.15) is 13.2 Å². The van der Waals surface area contributed by atoms with Gasteiger partial charge in [-0.1, -0.05) is 255 Å². The van der Waals surface area contributed by atoms with Crippen LogP contribution in [-0.4, -0.2) is 16.3 Å². The van der Waals surface area contributed by atoms with Crippen molar-refractivity contribution in [3.05, 3.63) is 357 Å². The fraction of sp³-hybridized carbons (Fsp3) is 0.0111. The maximum atomic E-state index is 15.2. The first-order valence-electron chi connectivity index (χ1n) is 33.1. The van der Waals surface area contributed by atoms with Crippen molar-refractivity contribution in [2.24, 2.45) is 0 Å². The Morgan fingerprint density at radius 2 is 0.643 bits per heavy atom. The molecule has 16 aromatic rings. The molecule has 0 N–H and O–H groups in total.